The van der Waals surface area contributed by atoms with E-state index in [1.54, 1.807) is 6.21 Å². The van der Waals surface area contributed by atoms with Crippen molar-refractivity contribution in [2.75, 3.05) is 19.0 Å². The molecule has 3 rings (SSSR count). The second-order valence-corrected chi connectivity index (χ2v) is 6.98. The van der Waals surface area contributed by atoms with E-state index in [9.17, 15) is 4.79 Å². The van der Waals surface area contributed by atoms with Gasteiger partial charge in [0.2, 0.25) is 0 Å². The van der Waals surface area contributed by atoms with Gasteiger partial charge in [-0.05, 0) is 29.8 Å². The van der Waals surface area contributed by atoms with Crippen LogP contribution in [0.1, 0.15) is 31.2 Å². The minimum Gasteiger partial charge on any atom is -0.378 e. The fraction of sp³-hybridized carbons (Fsp3) is 0.286. The number of aromatic nitrogens is 2. The monoisotopic (exact) mass is 363 g/mol. The van der Waals surface area contributed by atoms with Gasteiger partial charge >= 0.3 is 0 Å². The summed E-state index contributed by atoms with van der Waals surface area (Å²) in [7, 11) is 3.99. The number of anilines is 1. The zero-order valence-electron chi connectivity index (χ0n) is 16.2. The number of rotatable bonds is 6. The highest BCUT2D eigenvalue weighted by Gasteiger charge is 2.15. The minimum absolute atomic E-state index is 0.179. The quantitative estimate of drug-likeness (QED) is 0.539. The van der Waals surface area contributed by atoms with E-state index in [1.807, 2.05) is 72.1 Å². The molecule has 1 aromatic heterocycles. The van der Waals surface area contributed by atoms with Gasteiger partial charge in [0.15, 0.2) is 0 Å². The molecule has 27 heavy (non-hydrogen) atoms. The molecule has 0 saturated carbocycles. The van der Waals surface area contributed by atoms with Crippen LogP contribution in [0.25, 0.3) is 11.0 Å². The normalized spacial score (nSPS) is 11.4. The first-order valence-electron chi connectivity index (χ1n) is 9.00. The van der Waals surface area contributed by atoms with E-state index in [2.05, 4.69) is 29.4 Å². The molecule has 0 aliphatic rings. The highest BCUT2D eigenvalue weighted by Crippen LogP contribution is 2.21. The molecule has 0 spiro atoms. The Kier molecular flexibility index (Phi) is 5.54. The summed E-state index contributed by atoms with van der Waals surface area (Å²) in [6.07, 6.45) is 1.65. The van der Waals surface area contributed by atoms with Crippen LogP contribution < -0.4 is 10.3 Å². The number of fused-ring (bicyclic) bond motifs is 1. The van der Waals surface area contributed by atoms with Crippen molar-refractivity contribution in [3.05, 3.63) is 59.9 Å². The van der Waals surface area contributed by atoms with Crippen LogP contribution >= 0.6 is 0 Å². The van der Waals surface area contributed by atoms with Crippen molar-refractivity contribution in [3.63, 3.8) is 0 Å². The van der Waals surface area contributed by atoms with E-state index in [-0.39, 0.29) is 18.4 Å². The van der Waals surface area contributed by atoms with Gasteiger partial charge in [0.1, 0.15) is 12.4 Å². The molecule has 6 heteroatoms. The van der Waals surface area contributed by atoms with Crippen molar-refractivity contribution in [2.45, 2.75) is 26.3 Å². The van der Waals surface area contributed by atoms with Crippen LogP contribution in [0.5, 0.6) is 0 Å². The molecule has 2 aromatic carbocycles. The average molecular weight is 363 g/mol. The number of hydrogen-bond donors (Lipinski definition) is 1. The Labute approximate surface area is 159 Å². The first kappa shape index (κ1) is 18.6. The standard InChI is InChI=1S/C21H25N5O/c1-15(2)21-23-18-7-5-6-8-19(18)26(21)14-20(27)24-22-13-16-9-11-17(12-10-16)25(3)4/h5-13,15H,14H2,1-4H3,(H,24,27)/b22-13+. The summed E-state index contributed by atoms with van der Waals surface area (Å²) in [5, 5.41) is 4.08. The Hall–Kier alpha value is -3.15. The molecule has 3 aromatic rings. The summed E-state index contributed by atoms with van der Waals surface area (Å²) in [4.78, 5) is 19.1. The number of nitrogens with one attached hydrogen (secondary N) is 1. The third kappa shape index (κ3) is 4.34. The molecule has 0 aliphatic heterocycles. The number of nitrogens with zero attached hydrogens (tertiary/aromatic N) is 4. The molecular weight excluding hydrogens is 338 g/mol. The number of hydrogen-bond acceptors (Lipinski definition) is 4. The summed E-state index contributed by atoms with van der Waals surface area (Å²) < 4.78 is 1.96. The van der Waals surface area contributed by atoms with Crippen molar-refractivity contribution < 1.29 is 4.79 Å². The van der Waals surface area contributed by atoms with E-state index >= 15 is 0 Å². The predicted molar refractivity (Wildman–Crippen MR) is 110 cm³/mol. The van der Waals surface area contributed by atoms with Crippen LogP contribution in [0.15, 0.2) is 53.6 Å². The molecule has 140 valence electrons. The summed E-state index contributed by atoms with van der Waals surface area (Å²) in [6, 6.07) is 15.8. The summed E-state index contributed by atoms with van der Waals surface area (Å²) >= 11 is 0. The maximum absolute atomic E-state index is 12.4. The lowest BCUT2D eigenvalue weighted by Crippen LogP contribution is -2.24. The topological polar surface area (TPSA) is 62.5 Å². The van der Waals surface area contributed by atoms with Crippen LogP contribution in [-0.2, 0) is 11.3 Å². The molecule has 1 heterocycles. The third-order valence-electron chi connectivity index (χ3n) is 4.31. The molecule has 0 radical (unpaired) electrons. The number of para-hydroxylation sites is 2. The van der Waals surface area contributed by atoms with E-state index in [1.165, 1.54) is 0 Å². The van der Waals surface area contributed by atoms with Gasteiger partial charge in [-0.2, -0.15) is 5.10 Å². The second kappa shape index (κ2) is 8.03. The molecule has 1 amide bonds. The van der Waals surface area contributed by atoms with E-state index in [0.717, 1.165) is 28.1 Å². The second-order valence-electron chi connectivity index (χ2n) is 6.98. The Bertz CT molecular complexity index is 954. The Morgan fingerprint density at radius 3 is 2.56 bits per heavy atom. The van der Waals surface area contributed by atoms with Crippen molar-refractivity contribution >= 4 is 28.8 Å². The maximum atomic E-state index is 12.4. The lowest BCUT2D eigenvalue weighted by atomic mass is 10.2. The van der Waals surface area contributed by atoms with Crippen LogP contribution in [0.3, 0.4) is 0 Å². The van der Waals surface area contributed by atoms with E-state index < -0.39 is 0 Å². The van der Waals surface area contributed by atoms with E-state index in [0.29, 0.717) is 0 Å². The van der Waals surface area contributed by atoms with Crippen molar-refractivity contribution in [1.82, 2.24) is 15.0 Å². The lowest BCUT2D eigenvalue weighted by molar-refractivity contribution is -0.121. The van der Waals surface area contributed by atoms with Crippen LogP contribution in [0.2, 0.25) is 0 Å². The molecular formula is C21H25N5O. The molecule has 0 unspecified atom stereocenters. The zero-order chi connectivity index (χ0) is 19.4. The minimum atomic E-state index is -0.179. The van der Waals surface area contributed by atoms with Crippen molar-refractivity contribution in [1.29, 1.82) is 0 Å². The molecule has 0 fully saturated rings. The van der Waals surface area contributed by atoms with Gasteiger partial charge in [-0.25, -0.2) is 10.4 Å². The average Bonchev–Trinajstić information content (AvgIpc) is 3.01. The SMILES string of the molecule is CC(C)c1nc2ccccc2n1CC(=O)N/N=C/c1ccc(N(C)C)cc1. The Morgan fingerprint density at radius 2 is 1.89 bits per heavy atom. The third-order valence-corrected chi connectivity index (χ3v) is 4.31. The molecule has 1 N–H and O–H groups in total. The highest BCUT2D eigenvalue weighted by atomic mass is 16.2. The van der Waals surface area contributed by atoms with Crippen molar-refractivity contribution in [2.24, 2.45) is 5.10 Å². The van der Waals surface area contributed by atoms with Gasteiger partial charge in [-0.3, -0.25) is 4.79 Å². The summed E-state index contributed by atoms with van der Waals surface area (Å²) in [5.74, 6) is 0.944. The van der Waals surface area contributed by atoms with Crippen LogP contribution in [0, 0.1) is 0 Å². The highest BCUT2D eigenvalue weighted by molar-refractivity contribution is 5.84. The van der Waals surface area contributed by atoms with Crippen LogP contribution in [-0.4, -0.2) is 35.8 Å². The Balaban J connectivity index is 1.69. The molecule has 0 atom stereocenters. The zero-order valence-corrected chi connectivity index (χ0v) is 16.2. The molecule has 0 saturated heterocycles. The van der Waals surface area contributed by atoms with Gasteiger partial charge in [0.25, 0.3) is 5.91 Å². The number of amides is 1. The summed E-state index contributed by atoms with van der Waals surface area (Å²) in [6.45, 7) is 4.33. The maximum Gasteiger partial charge on any atom is 0.260 e. The number of carbonyl (C=O) groups is 1. The van der Waals surface area contributed by atoms with Gasteiger partial charge in [0.05, 0.1) is 17.2 Å². The van der Waals surface area contributed by atoms with Gasteiger partial charge in [0, 0.05) is 25.7 Å². The first-order chi connectivity index (χ1) is 13.0. The van der Waals surface area contributed by atoms with Gasteiger partial charge in [-0.1, -0.05) is 38.1 Å². The molecule has 0 bridgehead atoms. The summed E-state index contributed by atoms with van der Waals surface area (Å²) in [5.41, 5.74) is 6.51. The smallest absolute Gasteiger partial charge is 0.260 e. The first-order valence-corrected chi connectivity index (χ1v) is 9.00. The van der Waals surface area contributed by atoms with Gasteiger partial charge < -0.3 is 9.47 Å². The number of benzene rings is 2. The molecule has 6 nitrogen and oxygen atoms in total. The van der Waals surface area contributed by atoms with Crippen molar-refractivity contribution in [3.8, 4) is 0 Å². The largest absolute Gasteiger partial charge is 0.378 e. The van der Waals surface area contributed by atoms with Crippen LogP contribution in [0.4, 0.5) is 5.69 Å². The fourth-order valence-corrected chi connectivity index (χ4v) is 2.92. The fourth-order valence-electron chi connectivity index (χ4n) is 2.92. The number of hydrazone groups is 1. The number of carbonyl (C=O) groups excluding carboxylic acids is 1. The Morgan fingerprint density at radius 1 is 1.19 bits per heavy atom. The molecule has 0 aliphatic carbocycles. The van der Waals surface area contributed by atoms with Gasteiger partial charge in [-0.15, -0.1) is 0 Å². The predicted octanol–water partition coefficient (Wildman–Crippen LogP) is 3.38. The number of imidazole rings is 1. The lowest BCUT2D eigenvalue weighted by Gasteiger charge is -2.11. The van der Waals surface area contributed by atoms with E-state index in [4.69, 9.17) is 0 Å².